The van der Waals surface area contributed by atoms with Crippen molar-refractivity contribution >= 4 is 14.1 Å². The second kappa shape index (κ2) is 5.32. The van der Waals surface area contributed by atoms with Gasteiger partial charge in [0.25, 0.3) is 0 Å². The lowest BCUT2D eigenvalue weighted by atomic mass is 9.60. The molecule has 3 aliphatic carbocycles. The van der Waals surface area contributed by atoms with E-state index in [0.29, 0.717) is 17.6 Å². The molecule has 3 heteroatoms. The molecule has 2 saturated carbocycles. The Bertz CT molecular complexity index is 728. The van der Waals surface area contributed by atoms with Crippen LogP contribution in [0.25, 0.3) is 0 Å². The number of benzene rings is 1. The van der Waals surface area contributed by atoms with E-state index in [2.05, 4.69) is 50.8 Å². The first-order valence-electron chi connectivity index (χ1n) is 9.33. The van der Waals surface area contributed by atoms with E-state index in [4.69, 9.17) is 4.43 Å². The van der Waals surface area contributed by atoms with Gasteiger partial charge in [0.05, 0.1) is 0 Å². The molecule has 0 heterocycles. The summed E-state index contributed by atoms with van der Waals surface area (Å²) in [7, 11) is -1.57. The van der Waals surface area contributed by atoms with Crippen LogP contribution in [0.5, 0.6) is 5.75 Å². The van der Waals surface area contributed by atoms with Crippen molar-refractivity contribution in [3.8, 4) is 5.75 Å². The Morgan fingerprint density at radius 3 is 2.75 bits per heavy atom. The molecule has 3 atom stereocenters. The van der Waals surface area contributed by atoms with Gasteiger partial charge in [-0.3, -0.25) is 4.79 Å². The molecule has 2 fully saturated rings. The summed E-state index contributed by atoms with van der Waals surface area (Å²) in [4.78, 5) is 12.4. The van der Waals surface area contributed by atoms with Gasteiger partial charge in [-0.05, 0) is 74.5 Å². The minimum Gasteiger partial charge on any atom is -0.544 e. The molecule has 1 aromatic rings. The van der Waals surface area contributed by atoms with Gasteiger partial charge in [0, 0.05) is 17.8 Å². The number of allylic oxidation sites excluding steroid dienone is 2. The van der Waals surface area contributed by atoms with Crippen LogP contribution < -0.4 is 4.43 Å². The van der Waals surface area contributed by atoms with Crippen LogP contribution in [0.3, 0.4) is 0 Å². The summed E-state index contributed by atoms with van der Waals surface area (Å²) in [5.74, 6) is 2.53. The Morgan fingerprint density at radius 1 is 1.21 bits per heavy atom. The summed E-state index contributed by atoms with van der Waals surface area (Å²) in [6.45, 7) is 8.89. The molecule has 0 unspecified atom stereocenters. The van der Waals surface area contributed by atoms with Crippen molar-refractivity contribution < 1.29 is 9.22 Å². The van der Waals surface area contributed by atoms with Crippen molar-refractivity contribution in [1.29, 1.82) is 0 Å². The summed E-state index contributed by atoms with van der Waals surface area (Å²) >= 11 is 0. The number of rotatable bonds is 2. The van der Waals surface area contributed by atoms with Crippen LogP contribution in [0.2, 0.25) is 19.6 Å². The van der Waals surface area contributed by atoms with Crippen molar-refractivity contribution in [3.05, 3.63) is 41.0 Å². The molecule has 0 radical (unpaired) electrons. The Hall–Kier alpha value is -1.35. The molecule has 0 amide bonds. The van der Waals surface area contributed by atoms with Gasteiger partial charge in [-0.1, -0.05) is 24.6 Å². The number of Topliss-reactive ketones (excluding diaryl/α,β-unsaturated/α-hetero) is 1. The Kier molecular flexibility index (Phi) is 3.58. The van der Waals surface area contributed by atoms with Crippen LogP contribution in [0.4, 0.5) is 0 Å². The number of fused-ring (bicyclic) bond motifs is 5. The highest BCUT2D eigenvalue weighted by atomic mass is 28.4. The molecule has 1 aromatic carbocycles. The van der Waals surface area contributed by atoms with Gasteiger partial charge in [-0.15, -0.1) is 0 Å². The second-order valence-electron chi connectivity index (χ2n) is 9.01. The lowest BCUT2D eigenvalue weighted by Gasteiger charge is -2.43. The molecule has 0 aliphatic heterocycles. The van der Waals surface area contributed by atoms with E-state index in [0.717, 1.165) is 37.9 Å². The molecule has 0 bridgehead atoms. The maximum absolute atomic E-state index is 12.4. The van der Waals surface area contributed by atoms with Gasteiger partial charge in [0.15, 0.2) is 0 Å². The molecule has 0 spiro atoms. The molecule has 0 aromatic heterocycles. The number of ketones is 1. The zero-order valence-electron chi connectivity index (χ0n) is 15.3. The smallest absolute Gasteiger partial charge is 0.242 e. The Labute approximate surface area is 146 Å². The quantitative estimate of drug-likeness (QED) is 0.543. The predicted octanol–water partition coefficient (Wildman–Crippen LogP) is 5.25. The fourth-order valence-electron chi connectivity index (χ4n) is 5.14. The molecular weight excluding hydrogens is 312 g/mol. The lowest BCUT2D eigenvalue weighted by molar-refractivity contribution is -0.126. The van der Waals surface area contributed by atoms with Crippen molar-refractivity contribution in [2.24, 2.45) is 11.3 Å². The van der Waals surface area contributed by atoms with Gasteiger partial charge in [-0.2, -0.15) is 0 Å². The number of hydrogen-bond donors (Lipinski definition) is 0. The fraction of sp³-hybridized carbons (Fsp3) is 0.571. The Morgan fingerprint density at radius 2 is 2.00 bits per heavy atom. The minimum absolute atomic E-state index is 0.0826. The summed E-state index contributed by atoms with van der Waals surface area (Å²) in [6, 6.07) is 6.71. The van der Waals surface area contributed by atoms with Crippen LogP contribution >= 0.6 is 0 Å². The molecule has 128 valence electrons. The number of hydrogen-bond acceptors (Lipinski definition) is 2. The van der Waals surface area contributed by atoms with Gasteiger partial charge in [0.1, 0.15) is 11.5 Å². The van der Waals surface area contributed by atoms with Crippen LogP contribution in [-0.4, -0.2) is 14.1 Å². The van der Waals surface area contributed by atoms with Crippen LogP contribution in [0.15, 0.2) is 29.8 Å². The molecule has 0 saturated heterocycles. The van der Waals surface area contributed by atoms with Gasteiger partial charge in [-0.25, -0.2) is 0 Å². The third-order valence-electron chi connectivity index (χ3n) is 6.29. The SMILES string of the molecule is C[C@]12CC[C@H]3C(=CCc4cc(O[Si](C)(C)C)ccc43)[C@@H]1CCC2=O. The minimum atomic E-state index is -1.57. The van der Waals surface area contributed by atoms with Gasteiger partial charge < -0.3 is 4.43 Å². The van der Waals surface area contributed by atoms with E-state index in [1.165, 1.54) is 11.1 Å². The highest BCUT2D eigenvalue weighted by Crippen LogP contribution is 2.57. The first-order chi connectivity index (χ1) is 11.3. The third kappa shape index (κ3) is 2.48. The standard InChI is InChI=1S/C21H28O2Si/c1-21-12-11-17-16-8-6-15(23-24(2,3)4)13-14(16)5-7-18(17)19(21)9-10-20(21)22/h6-8,13,17,19H,5,9-12H2,1-4H3/t17-,19+,21+/m1/s1. The highest BCUT2D eigenvalue weighted by molar-refractivity contribution is 6.70. The van der Waals surface area contributed by atoms with E-state index < -0.39 is 8.32 Å². The summed E-state index contributed by atoms with van der Waals surface area (Å²) in [6.07, 6.45) is 7.43. The summed E-state index contributed by atoms with van der Waals surface area (Å²) < 4.78 is 6.18. The van der Waals surface area contributed by atoms with Crippen molar-refractivity contribution in [2.75, 3.05) is 0 Å². The zero-order valence-corrected chi connectivity index (χ0v) is 16.3. The van der Waals surface area contributed by atoms with Crippen molar-refractivity contribution in [2.45, 2.75) is 64.6 Å². The lowest BCUT2D eigenvalue weighted by Crippen LogP contribution is -2.37. The maximum Gasteiger partial charge on any atom is 0.242 e. The van der Waals surface area contributed by atoms with Gasteiger partial charge in [0.2, 0.25) is 8.32 Å². The highest BCUT2D eigenvalue weighted by Gasteiger charge is 2.52. The average molecular weight is 341 g/mol. The topological polar surface area (TPSA) is 26.3 Å². The molecule has 24 heavy (non-hydrogen) atoms. The summed E-state index contributed by atoms with van der Waals surface area (Å²) in [5.41, 5.74) is 4.38. The maximum atomic E-state index is 12.4. The van der Waals surface area contributed by atoms with Gasteiger partial charge >= 0.3 is 0 Å². The van der Waals surface area contributed by atoms with E-state index in [1.54, 1.807) is 5.57 Å². The average Bonchev–Trinajstić information content (AvgIpc) is 2.81. The van der Waals surface area contributed by atoms with Crippen LogP contribution in [0.1, 0.15) is 49.7 Å². The first kappa shape index (κ1) is 16.1. The number of carbonyl (C=O) groups is 1. The molecule has 4 rings (SSSR count). The molecule has 3 aliphatic rings. The first-order valence-corrected chi connectivity index (χ1v) is 12.7. The Balaban J connectivity index is 1.66. The van der Waals surface area contributed by atoms with E-state index >= 15 is 0 Å². The third-order valence-corrected chi connectivity index (χ3v) is 7.14. The molecular formula is C21H28O2Si. The fourth-order valence-corrected chi connectivity index (χ4v) is 5.97. The van der Waals surface area contributed by atoms with E-state index in [9.17, 15) is 4.79 Å². The van der Waals surface area contributed by atoms with Crippen molar-refractivity contribution in [1.82, 2.24) is 0 Å². The normalized spacial score (nSPS) is 31.8. The zero-order chi connectivity index (χ0) is 17.1. The number of carbonyl (C=O) groups excluding carboxylic acids is 1. The monoisotopic (exact) mass is 340 g/mol. The predicted molar refractivity (Wildman–Crippen MR) is 100 cm³/mol. The molecule has 0 N–H and O–H groups in total. The second-order valence-corrected chi connectivity index (χ2v) is 13.4. The van der Waals surface area contributed by atoms with E-state index in [-0.39, 0.29) is 5.41 Å². The largest absolute Gasteiger partial charge is 0.544 e. The van der Waals surface area contributed by atoms with Crippen LogP contribution in [-0.2, 0) is 11.2 Å². The van der Waals surface area contributed by atoms with Crippen molar-refractivity contribution in [3.63, 3.8) is 0 Å². The summed E-state index contributed by atoms with van der Waals surface area (Å²) in [5, 5.41) is 0. The van der Waals surface area contributed by atoms with Crippen LogP contribution in [0, 0.1) is 11.3 Å². The molecule has 2 nitrogen and oxygen atoms in total. The van der Waals surface area contributed by atoms with E-state index in [1.807, 2.05) is 0 Å².